The molecule has 2 aliphatic rings. The lowest BCUT2D eigenvalue weighted by Gasteiger charge is -2.40. The number of benzene rings is 1. The SMILES string of the molecule is CCN(c1nc(Nc2ccc3c(c2)[nH]c(=O)n3C)ncc1F)C1CCCC2NNCC21. The summed E-state index contributed by atoms with van der Waals surface area (Å²) in [6, 6.07) is 6.15. The predicted octanol–water partition coefficient (Wildman–Crippen LogP) is 2.01. The number of aryl methyl sites for hydroxylation is 1. The fourth-order valence-corrected chi connectivity index (χ4v) is 5.00. The van der Waals surface area contributed by atoms with Gasteiger partial charge in [0.05, 0.1) is 17.2 Å². The van der Waals surface area contributed by atoms with Gasteiger partial charge in [-0.3, -0.25) is 15.4 Å². The number of hydrogen-bond donors (Lipinski definition) is 4. The van der Waals surface area contributed by atoms with Gasteiger partial charge in [-0.05, 0) is 44.4 Å². The van der Waals surface area contributed by atoms with Crippen molar-refractivity contribution in [2.75, 3.05) is 23.3 Å². The topological polar surface area (TPSA) is 103 Å². The van der Waals surface area contributed by atoms with Crippen molar-refractivity contribution in [3.05, 3.63) is 40.7 Å². The molecule has 1 saturated heterocycles. The Labute approximate surface area is 179 Å². The molecule has 0 bridgehead atoms. The summed E-state index contributed by atoms with van der Waals surface area (Å²) in [6.07, 6.45) is 4.48. The van der Waals surface area contributed by atoms with Gasteiger partial charge < -0.3 is 15.2 Å². The summed E-state index contributed by atoms with van der Waals surface area (Å²) in [5.74, 6) is 0.641. The summed E-state index contributed by atoms with van der Waals surface area (Å²) in [6.45, 7) is 3.57. The van der Waals surface area contributed by atoms with Gasteiger partial charge in [-0.25, -0.2) is 14.2 Å². The molecule has 1 saturated carbocycles. The minimum Gasteiger partial charge on any atom is -0.351 e. The van der Waals surface area contributed by atoms with Crippen LogP contribution in [0.25, 0.3) is 11.0 Å². The fraction of sp³-hybridized carbons (Fsp3) is 0.476. The number of hydrazine groups is 1. The fourth-order valence-electron chi connectivity index (χ4n) is 5.00. The Hall–Kier alpha value is -2.98. The van der Waals surface area contributed by atoms with E-state index in [0.29, 0.717) is 35.8 Å². The number of hydrogen-bond acceptors (Lipinski definition) is 7. The third-order valence-electron chi connectivity index (χ3n) is 6.55. The van der Waals surface area contributed by atoms with E-state index in [1.54, 1.807) is 11.6 Å². The van der Waals surface area contributed by atoms with Crippen molar-refractivity contribution in [3.63, 3.8) is 0 Å². The van der Waals surface area contributed by atoms with Crippen molar-refractivity contribution < 1.29 is 4.39 Å². The number of imidazole rings is 1. The molecule has 0 spiro atoms. The highest BCUT2D eigenvalue weighted by Gasteiger charge is 2.40. The molecule has 31 heavy (non-hydrogen) atoms. The highest BCUT2D eigenvalue weighted by atomic mass is 19.1. The maximum absolute atomic E-state index is 14.8. The van der Waals surface area contributed by atoms with Gasteiger partial charge >= 0.3 is 5.69 Å². The van der Waals surface area contributed by atoms with E-state index in [-0.39, 0.29) is 11.7 Å². The zero-order valence-corrected chi connectivity index (χ0v) is 17.7. The molecule has 1 aliphatic heterocycles. The molecule has 1 aromatic carbocycles. The van der Waals surface area contributed by atoms with Crippen molar-refractivity contribution in [2.24, 2.45) is 13.0 Å². The first-order valence-corrected chi connectivity index (χ1v) is 10.8. The van der Waals surface area contributed by atoms with Crippen LogP contribution in [-0.4, -0.2) is 44.7 Å². The van der Waals surface area contributed by atoms with Crippen molar-refractivity contribution in [1.29, 1.82) is 0 Å². The van der Waals surface area contributed by atoms with Crippen LogP contribution in [0.1, 0.15) is 26.2 Å². The molecule has 5 rings (SSSR count). The van der Waals surface area contributed by atoms with Crippen LogP contribution < -0.4 is 26.8 Å². The largest absolute Gasteiger partial charge is 0.351 e. The third-order valence-corrected chi connectivity index (χ3v) is 6.55. The lowest BCUT2D eigenvalue weighted by molar-refractivity contribution is 0.278. The van der Waals surface area contributed by atoms with E-state index in [0.717, 1.165) is 37.0 Å². The number of H-pyrrole nitrogens is 1. The number of fused-ring (bicyclic) bond motifs is 2. The van der Waals surface area contributed by atoms with E-state index in [4.69, 9.17) is 0 Å². The van der Waals surface area contributed by atoms with Crippen LogP contribution in [0.2, 0.25) is 0 Å². The molecule has 3 heterocycles. The van der Waals surface area contributed by atoms with E-state index in [1.807, 2.05) is 25.1 Å². The van der Waals surface area contributed by atoms with Crippen molar-refractivity contribution in [3.8, 4) is 0 Å². The van der Waals surface area contributed by atoms with Gasteiger partial charge in [0, 0.05) is 43.8 Å². The molecule has 2 fully saturated rings. The average molecular weight is 427 g/mol. The average Bonchev–Trinajstić information content (AvgIpc) is 3.36. The zero-order chi connectivity index (χ0) is 21.5. The molecule has 1 aliphatic carbocycles. The van der Waals surface area contributed by atoms with Crippen molar-refractivity contribution >= 4 is 28.5 Å². The number of nitrogens with one attached hydrogen (secondary N) is 4. The van der Waals surface area contributed by atoms with Gasteiger partial charge in [0.2, 0.25) is 5.95 Å². The van der Waals surface area contributed by atoms with Crippen LogP contribution in [0.3, 0.4) is 0 Å². The van der Waals surface area contributed by atoms with E-state index in [1.165, 1.54) is 6.20 Å². The first-order valence-electron chi connectivity index (χ1n) is 10.8. The summed E-state index contributed by atoms with van der Waals surface area (Å²) >= 11 is 0. The van der Waals surface area contributed by atoms with Gasteiger partial charge in [-0.1, -0.05) is 0 Å². The smallest absolute Gasteiger partial charge is 0.326 e. The molecular formula is C21H27FN8O. The number of halogens is 1. The molecule has 10 heteroatoms. The second kappa shape index (κ2) is 7.93. The Morgan fingerprint density at radius 3 is 3.06 bits per heavy atom. The molecule has 3 aromatic rings. The second-order valence-corrected chi connectivity index (χ2v) is 8.29. The number of aromatic nitrogens is 4. The maximum atomic E-state index is 14.8. The van der Waals surface area contributed by atoms with Gasteiger partial charge in [0.25, 0.3) is 0 Å². The number of rotatable bonds is 5. The molecule has 0 amide bonds. The first-order chi connectivity index (χ1) is 15.0. The Bertz CT molecular complexity index is 1160. The third kappa shape index (κ3) is 3.55. The van der Waals surface area contributed by atoms with E-state index in [2.05, 4.69) is 36.0 Å². The van der Waals surface area contributed by atoms with Crippen LogP contribution in [0.4, 0.5) is 21.8 Å². The molecule has 164 valence electrons. The number of nitrogens with zero attached hydrogens (tertiary/aromatic N) is 4. The van der Waals surface area contributed by atoms with Crippen LogP contribution >= 0.6 is 0 Å². The van der Waals surface area contributed by atoms with Gasteiger partial charge in [0.1, 0.15) is 0 Å². The van der Waals surface area contributed by atoms with E-state index >= 15 is 0 Å². The van der Waals surface area contributed by atoms with Crippen LogP contribution in [0.5, 0.6) is 0 Å². The van der Waals surface area contributed by atoms with Crippen molar-refractivity contribution in [2.45, 2.75) is 38.3 Å². The predicted molar refractivity (Wildman–Crippen MR) is 118 cm³/mol. The normalized spacial score (nSPS) is 23.1. The minimum atomic E-state index is -0.420. The number of aromatic amines is 1. The Kier molecular flexibility index (Phi) is 5.11. The lowest BCUT2D eigenvalue weighted by atomic mass is 9.81. The van der Waals surface area contributed by atoms with Crippen molar-refractivity contribution in [1.82, 2.24) is 30.4 Å². The second-order valence-electron chi connectivity index (χ2n) is 8.29. The summed E-state index contributed by atoms with van der Waals surface area (Å²) in [7, 11) is 1.72. The minimum absolute atomic E-state index is 0.173. The van der Waals surface area contributed by atoms with Crippen LogP contribution in [0.15, 0.2) is 29.2 Å². The van der Waals surface area contributed by atoms with Gasteiger partial charge in [-0.15, -0.1) is 0 Å². The molecule has 3 unspecified atom stereocenters. The Balaban J connectivity index is 1.43. The summed E-state index contributed by atoms with van der Waals surface area (Å²) in [4.78, 5) is 25.4. The van der Waals surface area contributed by atoms with Crippen LogP contribution in [0, 0.1) is 11.7 Å². The molecule has 0 radical (unpaired) electrons. The zero-order valence-electron chi connectivity index (χ0n) is 17.7. The van der Waals surface area contributed by atoms with E-state index in [9.17, 15) is 9.18 Å². The molecule has 4 N–H and O–H groups in total. The number of anilines is 3. The molecule has 9 nitrogen and oxygen atoms in total. The molecule has 3 atom stereocenters. The molecule has 2 aromatic heterocycles. The molecular weight excluding hydrogens is 399 g/mol. The van der Waals surface area contributed by atoms with Crippen LogP contribution in [-0.2, 0) is 7.05 Å². The Morgan fingerprint density at radius 1 is 1.35 bits per heavy atom. The monoisotopic (exact) mass is 426 g/mol. The summed E-state index contributed by atoms with van der Waals surface area (Å²) in [5.41, 5.74) is 8.68. The van der Waals surface area contributed by atoms with E-state index < -0.39 is 5.82 Å². The summed E-state index contributed by atoms with van der Waals surface area (Å²) in [5, 5.41) is 3.15. The summed E-state index contributed by atoms with van der Waals surface area (Å²) < 4.78 is 16.4. The lowest BCUT2D eigenvalue weighted by Crippen LogP contribution is -2.49. The highest BCUT2D eigenvalue weighted by Crippen LogP contribution is 2.34. The maximum Gasteiger partial charge on any atom is 0.326 e. The quantitative estimate of drug-likeness (QED) is 0.495. The Morgan fingerprint density at radius 2 is 2.23 bits per heavy atom. The van der Waals surface area contributed by atoms with Gasteiger partial charge in [0.15, 0.2) is 11.6 Å². The first kappa shape index (κ1) is 20.0. The highest BCUT2D eigenvalue weighted by molar-refractivity contribution is 5.80. The standard InChI is InChI=1S/C21H27FN8O/c1-3-30(17-6-4-5-15-13(17)10-24-28-15)19-14(22)11-23-20(27-19)25-12-7-8-18-16(9-12)26-21(31)29(18)2/h7-9,11,13,15,17,24,28H,3-6,10H2,1-2H3,(H,26,31)(H,23,25,27). The van der Waals surface area contributed by atoms with Gasteiger partial charge in [-0.2, -0.15) is 4.98 Å².